The van der Waals surface area contributed by atoms with Crippen molar-refractivity contribution >= 4 is 56.2 Å². The van der Waals surface area contributed by atoms with E-state index in [9.17, 15) is 23.3 Å². The second-order valence-corrected chi connectivity index (χ2v) is 8.86. The molecule has 1 fully saturated rings. The first-order valence-corrected chi connectivity index (χ1v) is 10.9. The third-order valence-electron chi connectivity index (χ3n) is 3.92. The van der Waals surface area contributed by atoms with E-state index in [-0.39, 0.29) is 33.1 Å². The zero-order valence-electron chi connectivity index (χ0n) is 15.0. The molecule has 0 saturated carbocycles. The highest BCUT2D eigenvalue weighted by Crippen LogP contribution is 2.33. The molecule has 2 aromatic rings. The number of amides is 1. The van der Waals surface area contributed by atoms with Crippen molar-refractivity contribution in [1.82, 2.24) is 4.90 Å². The summed E-state index contributed by atoms with van der Waals surface area (Å²) in [5.74, 6) is -0.388. The molecule has 0 unspecified atom stereocenters. The maximum Gasteiger partial charge on any atom is 0.284 e. The highest BCUT2D eigenvalue weighted by Gasteiger charge is 2.34. The Labute approximate surface area is 176 Å². The number of amidine groups is 1. The molecule has 150 valence electrons. The number of non-ortho nitro benzene ring substituents is 1. The van der Waals surface area contributed by atoms with E-state index in [1.807, 2.05) is 0 Å². The summed E-state index contributed by atoms with van der Waals surface area (Å²) in [6, 6.07) is 11.2. The minimum Gasteiger partial charge on any atom is -0.286 e. The van der Waals surface area contributed by atoms with Crippen LogP contribution in [0.4, 0.5) is 5.69 Å². The number of hydrogen-bond acceptors (Lipinski definition) is 6. The zero-order valence-corrected chi connectivity index (χ0v) is 17.4. The molecule has 1 aliphatic rings. The van der Waals surface area contributed by atoms with E-state index in [4.69, 9.17) is 11.6 Å². The van der Waals surface area contributed by atoms with Crippen molar-refractivity contribution in [3.05, 3.63) is 74.1 Å². The molecular weight excluding hydrogens is 438 g/mol. The van der Waals surface area contributed by atoms with Gasteiger partial charge < -0.3 is 0 Å². The van der Waals surface area contributed by atoms with Gasteiger partial charge in [0.15, 0.2) is 5.17 Å². The van der Waals surface area contributed by atoms with Gasteiger partial charge in [0.25, 0.3) is 21.6 Å². The van der Waals surface area contributed by atoms with Gasteiger partial charge in [-0.25, -0.2) is 0 Å². The quantitative estimate of drug-likeness (QED) is 0.387. The number of hydrogen-bond donors (Lipinski definition) is 0. The van der Waals surface area contributed by atoms with Gasteiger partial charge in [-0.15, -0.1) is 4.40 Å². The van der Waals surface area contributed by atoms with Crippen LogP contribution in [0.5, 0.6) is 0 Å². The Balaban J connectivity index is 1.93. The summed E-state index contributed by atoms with van der Waals surface area (Å²) in [5.41, 5.74) is 0.508. The number of nitro groups is 1. The van der Waals surface area contributed by atoms with Gasteiger partial charge in [0.1, 0.15) is 0 Å². The second-order valence-electron chi connectivity index (χ2n) is 5.81. The molecule has 29 heavy (non-hydrogen) atoms. The number of sulfonamides is 1. The average molecular weight is 452 g/mol. The maximum absolute atomic E-state index is 12.6. The highest BCUT2D eigenvalue weighted by atomic mass is 35.5. The Kier molecular flexibility index (Phi) is 6.06. The van der Waals surface area contributed by atoms with E-state index in [1.54, 1.807) is 6.92 Å². The number of benzene rings is 2. The van der Waals surface area contributed by atoms with Gasteiger partial charge in [-0.3, -0.25) is 19.8 Å². The maximum atomic E-state index is 12.6. The van der Waals surface area contributed by atoms with Gasteiger partial charge in [-0.1, -0.05) is 11.6 Å². The summed E-state index contributed by atoms with van der Waals surface area (Å²) in [6.45, 7) is 1.94. The fraction of sp³-hybridized carbons (Fsp3) is 0.111. The topological polar surface area (TPSA) is 110 Å². The molecule has 1 aliphatic heterocycles. The third kappa shape index (κ3) is 4.66. The third-order valence-corrected chi connectivity index (χ3v) is 6.57. The molecule has 0 N–H and O–H groups in total. The number of likely N-dealkylation sites (N-methyl/N-ethyl adjacent to an activating group) is 1. The highest BCUT2D eigenvalue weighted by molar-refractivity contribution is 8.19. The first-order valence-electron chi connectivity index (χ1n) is 8.27. The van der Waals surface area contributed by atoms with Crippen LogP contribution >= 0.6 is 23.4 Å². The molecule has 1 amide bonds. The van der Waals surface area contributed by atoms with Crippen LogP contribution in [-0.4, -0.2) is 35.9 Å². The standard InChI is InChI=1S/C18H14ClN3O5S2/c1-2-21-17(23)16(11-12-3-7-14(8-4-12)22(24)25)28-18(21)20-29(26,27)15-9-5-13(19)6-10-15/h3-11H,2H2,1H3/b16-11-,20-18?. The van der Waals surface area contributed by atoms with Gasteiger partial charge in [0.05, 0.1) is 14.7 Å². The van der Waals surface area contributed by atoms with E-state index in [2.05, 4.69) is 4.40 Å². The van der Waals surface area contributed by atoms with Crippen LogP contribution in [0.25, 0.3) is 6.08 Å². The number of carbonyl (C=O) groups is 1. The Morgan fingerprint density at radius 2 is 1.79 bits per heavy atom. The Morgan fingerprint density at radius 3 is 2.34 bits per heavy atom. The van der Waals surface area contributed by atoms with Crippen LogP contribution in [0.1, 0.15) is 12.5 Å². The van der Waals surface area contributed by atoms with Crippen molar-refractivity contribution in [2.45, 2.75) is 11.8 Å². The monoisotopic (exact) mass is 451 g/mol. The lowest BCUT2D eigenvalue weighted by Gasteiger charge is -2.11. The van der Waals surface area contributed by atoms with E-state index < -0.39 is 14.9 Å². The van der Waals surface area contributed by atoms with Crippen molar-refractivity contribution in [2.75, 3.05) is 6.54 Å². The molecule has 0 aromatic heterocycles. The molecule has 11 heteroatoms. The molecule has 8 nitrogen and oxygen atoms in total. The predicted molar refractivity (Wildman–Crippen MR) is 112 cm³/mol. The molecule has 2 aromatic carbocycles. The van der Waals surface area contributed by atoms with Crippen molar-refractivity contribution in [2.24, 2.45) is 4.40 Å². The van der Waals surface area contributed by atoms with Crippen molar-refractivity contribution in [3.63, 3.8) is 0 Å². The van der Waals surface area contributed by atoms with Gasteiger partial charge in [-0.05, 0) is 66.7 Å². The van der Waals surface area contributed by atoms with E-state index in [0.717, 1.165) is 11.8 Å². The molecule has 0 spiro atoms. The van der Waals surface area contributed by atoms with Crippen molar-refractivity contribution in [1.29, 1.82) is 0 Å². The fourth-order valence-electron chi connectivity index (χ4n) is 2.46. The van der Waals surface area contributed by atoms with Gasteiger partial charge >= 0.3 is 0 Å². The molecule has 1 heterocycles. The lowest BCUT2D eigenvalue weighted by molar-refractivity contribution is -0.384. The summed E-state index contributed by atoms with van der Waals surface area (Å²) in [6.07, 6.45) is 1.54. The van der Waals surface area contributed by atoms with Crippen LogP contribution < -0.4 is 0 Å². The first-order chi connectivity index (χ1) is 13.7. The molecular formula is C18H14ClN3O5S2. The zero-order chi connectivity index (χ0) is 21.2. The van der Waals surface area contributed by atoms with Crippen LogP contribution in [0, 0.1) is 10.1 Å². The summed E-state index contributed by atoms with van der Waals surface area (Å²) in [7, 11) is -4.03. The van der Waals surface area contributed by atoms with Gasteiger partial charge in [-0.2, -0.15) is 8.42 Å². The Hall–Kier alpha value is -2.69. The van der Waals surface area contributed by atoms with E-state index in [0.29, 0.717) is 10.6 Å². The predicted octanol–water partition coefficient (Wildman–Crippen LogP) is 3.93. The minimum atomic E-state index is -4.03. The molecule has 0 aliphatic carbocycles. The Bertz CT molecular complexity index is 1130. The smallest absolute Gasteiger partial charge is 0.284 e. The summed E-state index contributed by atoms with van der Waals surface area (Å²) in [4.78, 5) is 24.4. The summed E-state index contributed by atoms with van der Waals surface area (Å²) < 4.78 is 29.0. The van der Waals surface area contributed by atoms with Crippen molar-refractivity contribution < 1.29 is 18.1 Å². The Morgan fingerprint density at radius 1 is 1.17 bits per heavy atom. The van der Waals surface area contributed by atoms with Gasteiger partial charge in [0.2, 0.25) is 0 Å². The number of thioether (sulfide) groups is 1. The average Bonchev–Trinajstić information content (AvgIpc) is 2.96. The van der Waals surface area contributed by atoms with Gasteiger partial charge in [0, 0.05) is 23.7 Å². The molecule has 0 bridgehead atoms. The number of rotatable bonds is 5. The molecule has 0 atom stereocenters. The van der Waals surface area contributed by atoms with Crippen LogP contribution in [0.15, 0.2) is 62.7 Å². The normalized spacial score (nSPS) is 17.3. The lowest BCUT2D eigenvalue weighted by atomic mass is 10.2. The number of halogens is 1. The second kappa shape index (κ2) is 8.36. The fourth-order valence-corrected chi connectivity index (χ4v) is 4.83. The summed E-state index contributed by atoms with van der Waals surface area (Å²) >= 11 is 6.72. The van der Waals surface area contributed by atoms with Crippen LogP contribution in [-0.2, 0) is 14.8 Å². The molecule has 3 rings (SSSR count). The summed E-state index contributed by atoms with van der Waals surface area (Å²) in [5, 5.41) is 11.2. The number of carbonyl (C=O) groups excluding carboxylic acids is 1. The minimum absolute atomic E-state index is 0.0358. The van der Waals surface area contributed by atoms with Crippen molar-refractivity contribution in [3.8, 4) is 0 Å². The van der Waals surface area contributed by atoms with E-state index >= 15 is 0 Å². The van der Waals surface area contributed by atoms with Crippen LogP contribution in [0.3, 0.4) is 0 Å². The number of nitrogens with zero attached hydrogens (tertiary/aromatic N) is 3. The SMILES string of the molecule is CCN1C(=O)/C(=C/c2ccc([N+](=O)[O-])cc2)SC1=NS(=O)(=O)c1ccc(Cl)cc1. The largest absolute Gasteiger partial charge is 0.286 e. The first kappa shape index (κ1) is 21.0. The molecule has 1 saturated heterocycles. The number of nitro benzene ring substituents is 1. The lowest BCUT2D eigenvalue weighted by Crippen LogP contribution is -2.29. The van der Waals surface area contributed by atoms with E-state index in [1.165, 1.54) is 59.5 Å². The molecule has 0 radical (unpaired) electrons. The van der Waals surface area contributed by atoms with Crippen LogP contribution in [0.2, 0.25) is 5.02 Å².